The van der Waals surface area contributed by atoms with Crippen LogP contribution < -0.4 is 0 Å². The molecule has 0 saturated carbocycles. The van der Waals surface area contributed by atoms with Gasteiger partial charge in [-0.2, -0.15) is 0 Å². The fourth-order valence-electron chi connectivity index (χ4n) is 0.430. The zero-order valence-corrected chi connectivity index (χ0v) is 6.25. The molecule has 1 aromatic carbocycles. The zero-order chi connectivity index (χ0) is 9.07. The van der Waals surface area contributed by atoms with Crippen LogP contribution in [0.2, 0.25) is 0 Å². The lowest BCUT2D eigenvalue weighted by Gasteiger charge is -1.80. The molecule has 0 atom stereocenters. The van der Waals surface area contributed by atoms with Crippen molar-refractivity contribution < 1.29 is 19.4 Å². The van der Waals surface area contributed by atoms with E-state index in [2.05, 4.69) is 9.78 Å². The van der Waals surface area contributed by atoms with Gasteiger partial charge in [0.1, 0.15) is 0 Å². The number of carbonyl (C=O) groups is 2. The van der Waals surface area contributed by atoms with E-state index in [9.17, 15) is 0 Å². The maximum atomic E-state index is 9.06. The van der Waals surface area contributed by atoms with Crippen LogP contribution in [-0.4, -0.2) is 12.9 Å². The Balaban J connectivity index is 0.000000202. The minimum absolute atomic E-state index is 0.00833. The first kappa shape index (κ1) is 10.2. The van der Waals surface area contributed by atoms with E-state index in [1.807, 2.05) is 36.4 Å². The fraction of sp³-hybridized carbons (Fsp3) is 0. The Morgan fingerprint density at radius 1 is 0.667 bits per heavy atom. The van der Waals surface area contributed by atoms with Gasteiger partial charge in [-0.25, -0.2) is 0 Å². The van der Waals surface area contributed by atoms with Crippen LogP contribution in [0.1, 0.15) is 0 Å². The van der Waals surface area contributed by atoms with Crippen LogP contribution in [0.3, 0.4) is 0 Å². The lowest BCUT2D eigenvalue weighted by Crippen LogP contribution is -1.85. The molecule has 0 unspecified atom stereocenters. The Bertz CT molecular complexity index is 163. The smallest absolute Gasteiger partial charge is 0.251 e. The van der Waals surface area contributed by atoms with Crippen molar-refractivity contribution in [2.24, 2.45) is 0 Å². The van der Waals surface area contributed by atoms with Crippen molar-refractivity contribution in [3.05, 3.63) is 36.4 Å². The summed E-state index contributed by atoms with van der Waals surface area (Å²) < 4.78 is 0. The molecule has 4 nitrogen and oxygen atoms in total. The second-order valence-corrected chi connectivity index (χ2v) is 1.54. The monoisotopic (exact) mass is 168 g/mol. The second-order valence-electron chi connectivity index (χ2n) is 1.54. The summed E-state index contributed by atoms with van der Waals surface area (Å²) in [5, 5.41) is 0. The quantitative estimate of drug-likeness (QED) is 0.291. The van der Waals surface area contributed by atoms with Crippen LogP contribution in [0.15, 0.2) is 36.4 Å². The molecule has 0 aliphatic heterocycles. The maximum absolute atomic E-state index is 9.06. The molecular weight excluding hydrogens is 160 g/mol. The van der Waals surface area contributed by atoms with Gasteiger partial charge in [-0.1, -0.05) is 36.4 Å². The molecule has 1 rings (SSSR count). The van der Waals surface area contributed by atoms with Gasteiger partial charge in [-0.05, 0) is 0 Å². The average molecular weight is 168 g/mol. The lowest BCUT2D eigenvalue weighted by atomic mass is 10.4. The van der Waals surface area contributed by atoms with Crippen LogP contribution in [0.25, 0.3) is 0 Å². The van der Waals surface area contributed by atoms with E-state index in [1.54, 1.807) is 0 Å². The molecule has 4 heteroatoms. The van der Waals surface area contributed by atoms with Crippen molar-refractivity contribution in [2.75, 3.05) is 0 Å². The zero-order valence-electron chi connectivity index (χ0n) is 6.25. The minimum atomic E-state index is 0.00833. The highest BCUT2D eigenvalue weighted by Crippen LogP contribution is 1.79. The summed E-state index contributed by atoms with van der Waals surface area (Å²) in [7, 11) is 0. The van der Waals surface area contributed by atoms with Crippen molar-refractivity contribution in [2.45, 2.75) is 0 Å². The van der Waals surface area contributed by atoms with Gasteiger partial charge in [0.2, 0.25) is 0 Å². The molecule has 64 valence electrons. The van der Waals surface area contributed by atoms with Crippen LogP contribution in [0.5, 0.6) is 0 Å². The first-order valence-electron chi connectivity index (χ1n) is 3.11. The Labute approximate surface area is 69.6 Å². The number of hydrogen-bond donors (Lipinski definition) is 0. The third kappa shape index (κ3) is 8.16. The highest BCUT2D eigenvalue weighted by atomic mass is 17.2. The number of rotatable bonds is 3. The van der Waals surface area contributed by atoms with Gasteiger partial charge in [0.15, 0.2) is 0 Å². The normalized spacial score (nSPS) is 7.00. The Hall–Kier alpha value is -1.84. The summed E-state index contributed by atoms with van der Waals surface area (Å²) in [5.74, 6) is 0. The molecule has 0 heterocycles. The molecule has 0 radical (unpaired) electrons. The highest BCUT2D eigenvalue weighted by Gasteiger charge is 1.68. The summed E-state index contributed by atoms with van der Waals surface area (Å²) >= 11 is 0. The van der Waals surface area contributed by atoms with E-state index in [0.29, 0.717) is 0 Å². The minimum Gasteiger partial charge on any atom is -0.251 e. The van der Waals surface area contributed by atoms with Gasteiger partial charge in [0, 0.05) is 0 Å². The predicted molar refractivity (Wildman–Crippen MR) is 40.7 cm³/mol. The summed E-state index contributed by atoms with van der Waals surface area (Å²) in [4.78, 5) is 25.0. The Morgan fingerprint density at radius 3 is 1.08 bits per heavy atom. The third-order valence-electron chi connectivity index (χ3n) is 0.801. The van der Waals surface area contributed by atoms with Crippen LogP contribution in [0, 0.1) is 0 Å². The van der Waals surface area contributed by atoms with Crippen LogP contribution >= 0.6 is 0 Å². The van der Waals surface area contributed by atoms with Crippen molar-refractivity contribution in [3.8, 4) is 0 Å². The van der Waals surface area contributed by atoms with Crippen LogP contribution in [0.4, 0.5) is 0 Å². The maximum Gasteiger partial charge on any atom is 0.344 e. The molecule has 0 bridgehead atoms. The SMILES string of the molecule is O=COOC=O.c1ccccc1. The fourth-order valence-corrected chi connectivity index (χ4v) is 0.430. The molecule has 0 aliphatic carbocycles. The highest BCUT2D eigenvalue weighted by molar-refractivity contribution is 5.40. The standard InChI is InChI=1S/C6H6.C2H2O4/c1-2-4-6-5-3-1;3-1-5-6-2-4/h1-6H;1-2H. The molecule has 0 N–H and O–H groups in total. The Morgan fingerprint density at radius 2 is 0.917 bits per heavy atom. The largest absolute Gasteiger partial charge is 0.344 e. The number of carbonyl (C=O) groups excluding carboxylic acids is 2. The van der Waals surface area contributed by atoms with Gasteiger partial charge < -0.3 is 0 Å². The molecule has 1 aromatic rings. The van der Waals surface area contributed by atoms with Crippen molar-refractivity contribution in [1.29, 1.82) is 0 Å². The van der Waals surface area contributed by atoms with E-state index >= 15 is 0 Å². The van der Waals surface area contributed by atoms with Gasteiger partial charge in [0.05, 0.1) is 0 Å². The van der Waals surface area contributed by atoms with E-state index in [1.165, 1.54) is 0 Å². The third-order valence-corrected chi connectivity index (χ3v) is 0.801. The van der Waals surface area contributed by atoms with Crippen molar-refractivity contribution >= 4 is 12.9 Å². The number of benzene rings is 1. The van der Waals surface area contributed by atoms with Crippen LogP contribution in [-0.2, 0) is 19.4 Å². The predicted octanol–water partition coefficient (Wildman–Crippen LogP) is 0.934. The topological polar surface area (TPSA) is 52.6 Å². The molecule has 0 saturated heterocycles. The number of hydrogen-bond acceptors (Lipinski definition) is 4. The molecule has 0 fully saturated rings. The van der Waals surface area contributed by atoms with E-state index in [0.717, 1.165) is 0 Å². The van der Waals surface area contributed by atoms with Gasteiger partial charge in [0.25, 0.3) is 0 Å². The van der Waals surface area contributed by atoms with Gasteiger partial charge in [-0.3, -0.25) is 19.4 Å². The van der Waals surface area contributed by atoms with E-state index < -0.39 is 0 Å². The summed E-state index contributed by atoms with van der Waals surface area (Å²) in [6.07, 6.45) is 0. The van der Waals surface area contributed by atoms with E-state index in [-0.39, 0.29) is 12.9 Å². The first-order chi connectivity index (χ1) is 5.91. The van der Waals surface area contributed by atoms with E-state index in [4.69, 9.17) is 9.59 Å². The van der Waals surface area contributed by atoms with Crippen molar-refractivity contribution in [1.82, 2.24) is 0 Å². The van der Waals surface area contributed by atoms with Gasteiger partial charge >= 0.3 is 12.9 Å². The molecule has 0 spiro atoms. The first-order valence-corrected chi connectivity index (χ1v) is 3.11. The second kappa shape index (κ2) is 9.16. The molecule has 12 heavy (non-hydrogen) atoms. The molecular formula is C8H8O4. The molecule has 0 amide bonds. The lowest BCUT2D eigenvalue weighted by molar-refractivity contribution is -0.235. The summed E-state index contributed by atoms with van der Waals surface area (Å²) in [6.45, 7) is 0.0167. The van der Waals surface area contributed by atoms with Gasteiger partial charge in [-0.15, -0.1) is 0 Å². The molecule has 0 aliphatic rings. The molecule has 0 aromatic heterocycles. The summed E-state index contributed by atoms with van der Waals surface area (Å²) in [6, 6.07) is 12.0. The van der Waals surface area contributed by atoms with Crippen molar-refractivity contribution in [3.63, 3.8) is 0 Å². The Kier molecular flexibility index (Phi) is 7.76. The summed E-state index contributed by atoms with van der Waals surface area (Å²) in [5.41, 5.74) is 0. The average Bonchev–Trinajstić information content (AvgIpc) is 2.18.